The van der Waals surface area contributed by atoms with E-state index >= 15 is 0 Å². The van der Waals surface area contributed by atoms with Crippen molar-refractivity contribution in [1.82, 2.24) is 4.90 Å². The molecule has 3 unspecified atom stereocenters. The van der Waals surface area contributed by atoms with Gasteiger partial charge in [-0.3, -0.25) is 4.90 Å². The van der Waals surface area contributed by atoms with E-state index in [0.29, 0.717) is 23.3 Å². The van der Waals surface area contributed by atoms with E-state index in [4.69, 9.17) is 10.5 Å². The summed E-state index contributed by atoms with van der Waals surface area (Å²) in [6.07, 6.45) is 3.04. The van der Waals surface area contributed by atoms with E-state index < -0.39 is 11.9 Å². The summed E-state index contributed by atoms with van der Waals surface area (Å²) in [5.41, 5.74) is 8.39. The number of nitrogens with two attached hydrogens (primary N) is 1. The Morgan fingerprint density at radius 2 is 2.07 bits per heavy atom. The number of carbonyl (C=O) groups excluding carboxylic acids is 1. The molecule has 0 bridgehead atoms. The Bertz CT molecular complexity index is 886. The average molecular weight is 398 g/mol. The maximum absolute atomic E-state index is 14.6. The summed E-state index contributed by atoms with van der Waals surface area (Å²) in [6.45, 7) is 3.49. The summed E-state index contributed by atoms with van der Waals surface area (Å²) in [6, 6.07) is 10.3. The first-order valence-electron chi connectivity index (χ1n) is 10.2. The molecule has 154 valence electrons. The molecule has 5 nitrogen and oxygen atoms in total. The van der Waals surface area contributed by atoms with Gasteiger partial charge in [-0.05, 0) is 55.1 Å². The smallest absolute Gasteiger partial charge is 0.140 e. The third-order valence-electron chi connectivity index (χ3n) is 6.12. The van der Waals surface area contributed by atoms with Gasteiger partial charge >= 0.3 is 0 Å². The Morgan fingerprint density at radius 1 is 1.31 bits per heavy atom. The van der Waals surface area contributed by atoms with Crippen molar-refractivity contribution in [3.8, 4) is 11.5 Å². The number of phenols is 1. The van der Waals surface area contributed by atoms with Gasteiger partial charge in [-0.15, -0.1) is 0 Å². The van der Waals surface area contributed by atoms with Crippen molar-refractivity contribution in [2.24, 2.45) is 5.73 Å². The number of nitrogens with zero attached hydrogens (tertiary/aromatic N) is 1. The van der Waals surface area contributed by atoms with Crippen LogP contribution in [0.4, 0.5) is 4.39 Å². The van der Waals surface area contributed by atoms with Crippen LogP contribution in [0, 0.1) is 5.82 Å². The molecular weight excluding hydrogens is 371 g/mol. The molecule has 1 aliphatic heterocycles. The monoisotopic (exact) mass is 398 g/mol. The Morgan fingerprint density at radius 3 is 2.76 bits per heavy atom. The van der Waals surface area contributed by atoms with Crippen LogP contribution < -0.4 is 10.5 Å². The van der Waals surface area contributed by atoms with Crippen molar-refractivity contribution in [3.63, 3.8) is 0 Å². The zero-order valence-corrected chi connectivity index (χ0v) is 16.6. The van der Waals surface area contributed by atoms with Gasteiger partial charge in [0.25, 0.3) is 0 Å². The van der Waals surface area contributed by atoms with Crippen LogP contribution in [0.5, 0.6) is 11.5 Å². The second kappa shape index (κ2) is 8.13. The first kappa shape index (κ1) is 19.9. The first-order chi connectivity index (χ1) is 14.0. The largest absolute Gasteiger partial charge is 0.508 e. The van der Waals surface area contributed by atoms with Gasteiger partial charge in [-0.2, -0.15) is 0 Å². The summed E-state index contributed by atoms with van der Waals surface area (Å²) < 4.78 is 20.9. The fraction of sp³-hybridized carbons (Fsp3) is 0.435. The lowest BCUT2D eigenvalue weighted by Gasteiger charge is -2.38. The van der Waals surface area contributed by atoms with Gasteiger partial charge in [-0.25, -0.2) is 4.39 Å². The number of aldehydes is 1. The van der Waals surface area contributed by atoms with Gasteiger partial charge in [0.15, 0.2) is 0 Å². The average Bonchev–Trinajstić information content (AvgIpc) is 3.06. The van der Waals surface area contributed by atoms with Crippen LogP contribution in [0.2, 0.25) is 0 Å². The second-order valence-electron chi connectivity index (χ2n) is 8.20. The molecule has 2 aromatic carbocycles. The van der Waals surface area contributed by atoms with E-state index in [-0.39, 0.29) is 23.8 Å². The molecule has 1 heterocycles. The lowest BCUT2D eigenvalue weighted by atomic mass is 10.0. The zero-order chi connectivity index (χ0) is 20.5. The van der Waals surface area contributed by atoms with E-state index in [1.807, 2.05) is 31.2 Å². The quantitative estimate of drug-likeness (QED) is 0.756. The molecule has 2 aromatic rings. The van der Waals surface area contributed by atoms with Gasteiger partial charge in [0.05, 0.1) is 6.04 Å². The number of aromatic hydroxyl groups is 1. The summed E-state index contributed by atoms with van der Waals surface area (Å²) >= 11 is 0. The minimum Gasteiger partial charge on any atom is -0.508 e. The second-order valence-corrected chi connectivity index (χ2v) is 8.20. The standard InChI is InChI=1S/C23H27FN2O3/c1-14(13-27)15-4-6-18(7-5-15)29-23-20-9-17(28)10-21(24)19(20)11-22(23)26-8-2-3-16(25)12-26/h4-7,9-10,13-14,16,22-23,28H,2-3,8,11-12,25H2,1H3/t14?,16?,22-,23?/m1/s1. The zero-order valence-electron chi connectivity index (χ0n) is 16.6. The molecule has 4 atom stereocenters. The summed E-state index contributed by atoms with van der Waals surface area (Å²) in [4.78, 5) is 13.3. The van der Waals surface area contributed by atoms with Gasteiger partial charge in [0, 0.05) is 30.1 Å². The van der Waals surface area contributed by atoms with Crippen molar-refractivity contribution in [3.05, 3.63) is 58.9 Å². The number of fused-ring (bicyclic) bond motifs is 1. The van der Waals surface area contributed by atoms with E-state index in [1.54, 1.807) is 6.07 Å². The first-order valence-corrected chi connectivity index (χ1v) is 10.2. The molecule has 2 aliphatic rings. The van der Waals surface area contributed by atoms with Crippen LogP contribution >= 0.6 is 0 Å². The van der Waals surface area contributed by atoms with Crippen molar-refractivity contribution in [2.75, 3.05) is 13.1 Å². The number of ether oxygens (including phenoxy) is 1. The predicted molar refractivity (Wildman–Crippen MR) is 109 cm³/mol. The highest BCUT2D eigenvalue weighted by Gasteiger charge is 2.41. The van der Waals surface area contributed by atoms with Gasteiger partial charge in [0.2, 0.25) is 0 Å². The van der Waals surface area contributed by atoms with Crippen LogP contribution in [-0.2, 0) is 11.2 Å². The SMILES string of the molecule is CC(C=O)c1ccc(OC2c3cc(O)cc(F)c3C[C@H]2N2CCCC(N)C2)cc1. The van der Waals surface area contributed by atoms with E-state index in [9.17, 15) is 14.3 Å². The molecule has 3 N–H and O–H groups in total. The molecule has 1 saturated heterocycles. The Labute approximate surface area is 170 Å². The van der Waals surface area contributed by atoms with E-state index in [1.165, 1.54) is 0 Å². The summed E-state index contributed by atoms with van der Waals surface area (Å²) in [7, 11) is 0. The molecule has 0 spiro atoms. The number of piperidine rings is 1. The molecule has 4 rings (SSSR count). The minimum absolute atomic E-state index is 0.0405. The number of benzene rings is 2. The van der Waals surface area contributed by atoms with Crippen LogP contribution in [0.15, 0.2) is 36.4 Å². The number of carbonyl (C=O) groups is 1. The molecule has 1 aliphatic carbocycles. The van der Waals surface area contributed by atoms with Crippen LogP contribution in [-0.4, -0.2) is 41.5 Å². The number of halogens is 1. The topological polar surface area (TPSA) is 75.8 Å². The van der Waals surface area contributed by atoms with Gasteiger partial charge < -0.3 is 20.4 Å². The lowest BCUT2D eigenvalue weighted by Crippen LogP contribution is -2.49. The molecule has 0 saturated carbocycles. The fourth-order valence-corrected chi connectivity index (χ4v) is 4.51. The highest BCUT2D eigenvalue weighted by Crippen LogP contribution is 2.41. The van der Waals surface area contributed by atoms with Crippen LogP contribution in [0.3, 0.4) is 0 Å². The van der Waals surface area contributed by atoms with E-state index in [2.05, 4.69) is 4.90 Å². The number of hydrogen-bond donors (Lipinski definition) is 2. The predicted octanol–water partition coefficient (Wildman–Crippen LogP) is 3.30. The highest BCUT2D eigenvalue weighted by atomic mass is 19.1. The van der Waals surface area contributed by atoms with Crippen molar-refractivity contribution in [2.45, 2.75) is 50.3 Å². The summed E-state index contributed by atoms with van der Waals surface area (Å²) in [5.74, 6) is -0.0155. The maximum Gasteiger partial charge on any atom is 0.140 e. The lowest BCUT2D eigenvalue weighted by molar-refractivity contribution is -0.108. The normalized spacial score (nSPS) is 25.4. The maximum atomic E-state index is 14.6. The number of phenolic OH excluding ortho intramolecular Hbond substituents is 1. The molecule has 6 heteroatoms. The number of hydrogen-bond acceptors (Lipinski definition) is 5. The Balaban J connectivity index is 1.64. The minimum atomic E-state index is -0.397. The molecule has 0 amide bonds. The molecule has 29 heavy (non-hydrogen) atoms. The molecule has 0 radical (unpaired) electrons. The van der Waals surface area contributed by atoms with Crippen LogP contribution in [0.1, 0.15) is 48.5 Å². The third-order valence-corrected chi connectivity index (χ3v) is 6.12. The third kappa shape index (κ3) is 4.00. The van der Waals surface area contributed by atoms with Crippen molar-refractivity contribution < 1.29 is 19.0 Å². The highest BCUT2D eigenvalue weighted by molar-refractivity contribution is 5.61. The van der Waals surface area contributed by atoms with E-state index in [0.717, 1.165) is 43.8 Å². The number of likely N-dealkylation sites (tertiary alicyclic amines) is 1. The fourth-order valence-electron chi connectivity index (χ4n) is 4.51. The van der Waals surface area contributed by atoms with Gasteiger partial charge in [-0.1, -0.05) is 19.1 Å². The molecule has 1 fully saturated rings. The molecular formula is C23H27FN2O3. The Hall–Kier alpha value is -2.44. The van der Waals surface area contributed by atoms with Crippen molar-refractivity contribution in [1.29, 1.82) is 0 Å². The van der Waals surface area contributed by atoms with Crippen molar-refractivity contribution >= 4 is 6.29 Å². The Kier molecular flexibility index (Phi) is 5.56. The molecule has 0 aromatic heterocycles. The summed E-state index contributed by atoms with van der Waals surface area (Å²) in [5, 5.41) is 9.96. The van der Waals surface area contributed by atoms with Gasteiger partial charge in [0.1, 0.15) is 29.7 Å². The van der Waals surface area contributed by atoms with Crippen LogP contribution in [0.25, 0.3) is 0 Å². The number of rotatable bonds is 5.